The monoisotopic (exact) mass is 335 g/mol. The van der Waals surface area contributed by atoms with Gasteiger partial charge in [0.25, 0.3) is 5.91 Å². The molecule has 1 aromatic rings. The van der Waals surface area contributed by atoms with Gasteiger partial charge in [-0.15, -0.1) is 11.8 Å². The van der Waals surface area contributed by atoms with Crippen LogP contribution in [0.3, 0.4) is 0 Å². The van der Waals surface area contributed by atoms with Crippen molar-refractivity contribution >= 4 is 23.6 Å². The van der Waals surface area contributed by atoms with Crippen LogP contribution >= 0.6 is 11.8 Å². The number of primary amides is 1. The summed E-state index contributed by atoms with van der Waals surface area (Å²) >= 11 is 1.29. The first-order valence-corrected chi connectivity index (χ1v) is 9.11. The molecule has 2 amide bonds. The van der Waals surface area contributed by atoms with Crippen molar-refractivity contribution in [3.63, 3.8) is 0 Å². The number of carbonyl (C=O) groups is 2. The van der Waals surface area contributed by atoms with E-state index in [-0.39, 0.29) is 17.7 Å². The SMILES string of the molecule is NCC(NC(=O)c1ccccc1SCC(N)=O)C1CCCCC1. The zero-order chi connectivity index (χ0) is 16.7. The lowest BCUT2D eigenvalue weighted by molar-refractivity contribution is -0.115. The van der Waals surface area contributed by atoms with Gasteiger partial charge >= 0.3 is 0 Å². The Bertz CT molecular complexity index is 544. The molecule has 0 radical (unpaired) electrons. The van der Waals surface area contributed by atoms with Crippen molar-refractivity contribution in [2.45, 2.75) is 43.0 Å². The molecule has 1 aromatic carbocycles. The Kier molecular flexibility index (Phi) is 6.92. The van der Waals surface area contributed by atoms with Crippen LogP contribution in [-0.4, -0.2) is 30.2 Å². The summed E-state index contributed by atoms with van der Waals surface area (Å²) in [5, 5.41) is 3.09. The second kappa shape index (κ2) is 8.93. The van der Waals surface area contributed by atoms with Crippen molar-refractivity contribution < 1.29 is 9.59 Å². The maximum atomic E-state index is 12.6. The Balaban J connectivity index is 2.05. The first-order chi connectivity index (χ1) is 11.1. The first-order valence-electron chi connectivity index (χ1n) is 8.13. The molecule has 1 fully saturated rings. The average molecular weight is 335 g/mol. The molecule has 0 spiro atoms. The van der Waals surface area contributed by atoms with E-state index in [1.165, 1.54) is 31.0 Å². The first kappa shape index (κ1) is 17.8. The van der Waals surface area contributed by atoms with Crippen molar-refractivity contribution in [2.75, 3.05) is 12.3 Å². The van der Waals surface area contributed by atoms with Gasteiger partial charge in [0.05, 0.1) is 11.3 Å². The molecule has 0 saturated heterocycles. The van der Waals surface area contributed by atoms with Crippen LogP contribution in [0.2, 0.25) is 0 Å². The minimum Gasteiger partial charge on any atom is -0.369 e. The zero-order valence-electron chi connectivity index (χ0n) is 13.3. The van der Waals surface area contributed by atoms with Gasteiger partial charge in [-0.25, -0.2) is 0 Å². The summed E-state index contributed by atoms with van der Waals surface area (Å²) < 4.78 is 0. The molecule has 0 aromatic heterocycles. The van der Waals surface area contributed by atoms with Crippen LogP contribution in [0.4, 0.5) is 0 Å². The van der Waals surface area contributed by atoms with Crippen LogP contribution in [-0.2, 0) is 4.79 Å². The van der Waals surface area contributed by atoms with E-state index >= 15 is 0 Å². The fraction of sp³-hybridized carbons (Fsp3) is 0.529. The van der Waals surface area contributed by atoms with Crippen LogP contribution in [0.1, 0.15) is 42.5 Å². The molecule has 2 rings (SSSR count). The number of rotatable bonds is 7. The summed E-state index contributed by atoms with van der Waals surface area (Å²) in [4.78, 5) is 24.4. The Labute approximate surface area is 141 Å². The van der Waals surface area contributed by atoms with Crippen LogP contribution < -0.4 is 16.8 Å². The van der Waals surface area contributed by atoms with E-state index in [2.05, 4.69) is 5.32 Å². The predicted molar refractivity (Wildman–Crippen MR) is 93.2 cm³/mol. The Morgan fingerprint density at radius 2 is 1.91 bits per heavy atom. The van der Waals surface area contributed by atoms with Gasteiger partial charge < -0.3 is 16.8 Å². The molecule has 1 aliphatic rings. The minimum atomic E-state index is -0.396. The molecule has 126 valence electrons. The third kappa shape index (κ3) is 5.25. The molecular weight excluding hydrogens is 310 g/mol. The summed E-state index contributed by atoms with van der Waals surface area (Å²) in [5.41, 5.74) is 11.7. The molecule has 0 heterocycles. The maximum absolute atomic E-state index is 12.6. The van der Waals surface area contributed by atoms with E-state index in [4.69, 9.17) is 11.5 Å². The second-order valence-electron chi connectivity index (χ2n) is 5.96. The van der Waals surface area contributed by atoms with Crippen molar-refractivity contribution in [2.24, 2.45) is 17.4 Å². The minimum absolute atomic E-state index is 0.0111. The van der Waals surface area contributed by atoms with Crippen LogP contribution in [0.5, 0.6) is 0 Å². The predicted octanol–water partition coefficient (Wildman–Crippen LogP) is 1.90. The van der Waals surface area contributed by atoms with Gasteiger partial charge in [0.2, 0.25) is 5.91 Å². The molecule has 0 aliphatic heterocycles. The van der Waals surface area contributed by atoms with E-state index in [1.807, 2.05) is 18.2 Å². The van der Waals surface area contributed by atoms with Gasteiger partial charge in [-0.2, -0.15) is 0 Å². The summed E-state index contributed by atoms with van der Waals surface area (Å²) in [6, 6.07) is 7.29. The van der Waals surface area contributed by atoms with Crippen molar-refractivity contribution in [3.05, 3.63) is 29.8 Å². The number of hydrogen-bond donors (Lipinski definition) is 3. The van der Waals surface area contributed by atoms with Crippen molar-refractivity contribution in [1.29, 1.82) is 0 Å². The van der Waals surface area contributed by atoms with E-state index in [0.29, 0.717) is 18.0 Å². The zero-order valence-corrected chi connectivity index (χ0v) is 14.1. The molecular formula is C17H25N3O2S. The largest absolute Gasteiger partial charge is 0.369 e. The van der Waals surface area contributed by atoms with Gasteiger partial charge in [-0.1, -0.05) is 31.4 Å². The topological polar surface area (TPSA) is 98.2 Å². The maximum Gasteiger partial charge on any atom is 0.252 e. The van der Waals surface area contributed by atoms with E-state index < -0.39 is 5.91 Å². The summed E-state index contributed by atoms with van der Waals surface area (Å²) in [6.07, 6.45) is 5.94. The van der Waals surface area contributed by atoms with Crippen LogP contribution in [0.25, 0.3) is 0 Å². The quantitative estimate of drug-likeness (QED) is 0.663. The normalized spacial score (nSPS) is 16.7. The van der Waals surface area contributed by atoms with E-state index in [9.17, 15) is 9.59 Å². The smallest absolute Gasteiger partial charge is 0.252 e. The molecule has 0 bridgehead atoms. The molecule has 1 saturated carbocycles. The highest BCUT2D eigenvalue weighted by Crippen LogP contribution is 2.27. The Morgan fingerprint density at radius 1 is 1.22 bits per heavy atom. The highest BCUT2D eigenvalue weighted by molar-refractivity contribution is 8.00. The van der Waals surface area contributed by atoms with Gasteiger partial charge in [0.15, 0.2) is 0 Å². The summed E-state index contributed by atoms with van der Waals surface area (Å²) in [5.74, 6) is 0.0988. The number of nitrogens with one attached hydrogen (secondary N) is 1. The molecule has 6 heteroatoms. The van der Waals surface area contributed by atoms with Gasteiger partial charge in [-0.05, 0) is 30.9 Å². The second-order valence-corrected chi connectivity index (χ2v) is 6.98. The lowest BCUT2D eigenvalue weighted by atomic mass is 9.84. The number of carbonyl (C=O) groups excluding carboxylic acids is 2. The van der Waals surface area contributed by atoms with Crippen molar-refractivity contribution in [1.82, 2.24) is 5.32 Å². The van der Waals surface area contributed by atoms with Gasteiger partial charge in [0.1, 0.15) is 0 Å². The summed E-state index contributed by atoms with van der Waals surface area (Å²) in [6.45, 7) is 0.451. The average Bonchev–Trinajstić information content (AvgIpc) is 2.58. The van der Waals surface area contributed by atoms with Crippen LogP contribution in [0, 0.1) is 5.92 Å². The Hall–Kier alpha value is -1.53. The standard InChI is InChI=1S/C17H25N3O2S/c18-10-14(12-6-2-1-3-7-12)20-17(22)13-8-4-5-9-15(13)23-11-16(19)21/h4-5,8-9,12,14H,1-3,6-7,10-11,18H2,(H2,19,21)(H,20,22). The number of thioether (sulfide) groups is 1. The highest BCUT2D eigenvalue weighted by Gasteiger charge is 2.25. The van der Waals surface area contributed by atoms with Gasteiger partial charge in [-0.3, -0.25) is 9.59 Å². The van der Waals surface area contributed by atoms with E-state index in [0.717, 1.165) is 17.7 Å². The number of amides is 2. The third-order valence-corrected chi connectivity index (χ3v) is 5.39. The summed E-state index contributed by atoms with van der Waals surface area (Å²) in [7, 11) is 0. The Morgan fingerprint density at radius 3 is 2.57 bits per heavy atom. The molecule has 5 N–H and O–H groups in total. The number of benzene rings is 1. The number of nitrogens with two attached hydrogens (primary N) is 2. The molecule has 1 unspecified atom stereocenters. The molecule has 1 aliphatic carbocycles. The fourth-order valence-corrected chi connectivity index (χ4v) is 3.87. The lowest BCUT2D eigenvalue weighted by Crippen LogP contribution is -2.46. The third-order valence-electron chi connectivity index (χ3n) is 4.29. The van der Waals surface area contributed by atoms with E-state index in [1.54, 1.807) is 6.07 Å². The van der Waals surface area contributed by atoms with Crippen LogP contribution in [0.15, 0.2) is 29.2 Å². The number of hydrogen-bond acceptors (Lipinski definition) is 4. The highest BCUT2D eigenvalue weighted by atomic mass is 32.2. The van der Waals surface area contributed by atoms with Crippen molar-refractivity contribution in [3.8, 4) is 0 Å². The molecule has 1 atom stereocenters. The molecule has 23 heavy (non-hydrogen) atoms. The lowest BCUT2D eigenvalue weighted by Gasteiger charge is -2.30. The van der Waals surface area contributed by atoms with Gasteiger partial charge in [0, 0.05) is 17.5 Å². The molecule has 5 nitrogen and oxygen atoms in total. The fourth-order valence-electron chi connectivity index (χ4n) is 3.08.